The molecule has 0 atom stereocenters. The van der Waals surface area contributed by atoms with Gasteiger partial charge in [0.05, 0.1) is 41.0 Å². The Morgan fingerprint density at radius 2 is 1.54 bits per heavy atom. The van der Waals surface area contributed by atoms with Gasteiger partial charge in [-0.15, -0.1) is 0 Å². The van der Waals surface area contributed by atoms with Crippen molar-refractivity contribution in [1.82, 2.24) is 15.1 Å². The maximum atomic E-state index is 14.4. The highest BCUT2D eigenvalue weighted by atomic mass is 19.1. The monoisotopic (exact) mass is 612 g/mol. The predicted molar refractivity (Wildman–Crippen MR) is 170 cm³/mol. The molecule has 1 aromatic heterocycles. The summed E-state index contributed by atoms with van der Waals surface area (Å²) in [7, 11) is 0. The molecule has 7 nitrogen and oxygen atoms in total. The van der Waals surface area contributed by atoms with E-state index in [1.165, 1.54) is 24.3 Å². The zero-order valence-corrected chi connectivity index (χ0v) is 24.6. The zero-order chi connectivity index (χ0) is 32.4. The minimum Gasteiger partial charge on any atom is -0.478 e. The molecule has 46 heavy (non-hydrogen) atoms. The number of halogens is 2. The summed E-state index contributed by atoms with van der Waals surface area (Å²) in [6, 6.07) is 28.2. The number of carboxylic acids is 1. The summed E-state index contributed by atoms with van der Waals surface area (Å²) in [5.74, 6) is -2.31. The van der Waals surface area contributed by atoms with Crippen molar-refractivity contribution in [2.24, 2.45) is 0 Å². The van der Waals surface area contributed by atoms with E-state index in [9.17, 15) is 28.7 Å². The van der Waals surface area contributed by atoms with Crippen molar-refractivity contribution in [2.75, 3.05) is 0 Å². The molecule has 1 amide bonds. The summed E-state index contributed by atoms with van der Waals surface area (Å²) in [6.07, 6.45) is 1.64. The van der Waals surface area contributed by atoms with Gasteiger partial charge < -0.3 is 10.4 Å². The van der Waals surface area contributed by atoms with E-state index in [0.29, 0.717) is 34.1 Å². The molecular formula is C37H26F2N4O3. The quantitative estimate of drug-likeness (QED) is 0.185. The summed E-state index contributed by atoms with van der Waals surface area (Å²) in [5, 5.41) is 26.9. The molecule has 0 spiro atoms. The normalized spacial score (nSPS) is 10.9. The molecule has 2 N–H and O–H groups in total. The highest BCUT2D eigenvalue weighted by molar-refractivity contribution is 6.07. The molecule has 6 aromatic rings. The lowest BCUT2D eigenvalue weighted by Gasteiger charge is -2.13. The van der Waals surface area contributed by atoms with E-state index in [-0.39, 0.29) is 23.5 Å². The van der Waals surface area contributed by atoms with E-state index in [1.807, 2.05) is 30.3 Å². The summed E-state index contributed by atoms with van der Waals surface area (Å²) < 4.78 is 29.5. The van der Waals surface area contributed by atoms with Gasteiger partial charge in [0.2, 0.25) is 0 Å². The topological polar surface area (TPSA) is 108 Å². The Morgan fingerprint density at radius 1 is 0.848 bits per heavy atom. The van der Waals surface area contributed by atoms with Crippen LogP contribution < -0.4 is 5.32 Å². The summed E-state index contributed by atoms with van der Waals surface area (Å²) in [5.41, 5.74) is 6.37. The van der Waals surface area contributed by atoms with Crippen molar-refractivity contribution < 1.29 is 23.5 Å². The lowest BCUT2D eigenvalue weighted by molar-refractivity contribution is 0.0696. The Labute approximate surface area is 263 Å². The van der Waals surface area contributed by atoms with E-state index in [2.05, 4.69) is 10.4 Å². The molecule has 0 bridgehead atoms. The first-order chi connectivity index (χ1) is 22.2. The van der Waals surface area contributed by atoms with Gasteiger partial charge in [-0.05, 0) is 100 Å². The second-order valence-corrected chi connectivity index (χ2v) is 10.9. The third-order valence-electron chi connectivity index (χ3n) is 7.83. The minimum atomic E-state index is -1.03. The van der Waals surface area contributed by atoms with E-state index < -0.39 is 17.7 Å². The fourth-order valence-electron chi connectivity index (χ4n) is 5.43. The molecule has 0 aliphatic carbocycles. The third kappa shape index (κ3) is 6.23. The maximum Gasteiger partial charge on any atom is 0.335 e. The van der Waals surface area contributed by atoms with E-state index in [4.69, 9.17) is 0 Å². The molecule has 0 radical (unpaired) electrons. The van der Waals surface area contributed by atoms with Crippen molar-refractivity contribution >= 4 is 22.8 Å². The Bertz CT molecular complexity index is 2170. The first-order valence-electron chi connectivity index (χ1n) is 14.3. The highest BCUT2D eigenvalue weighted by Gasteiger charge is 2.19. The fraction of sp³-hybridized carbons (Fsp3) is 0.0811. The lowest BCUT2D eigenvalue weighted by atomic mass is 9.98. The molecule has 0 saturated carbocycles. The lowest BCUT2D eigenvalue weighted by Crippen LogP contribution is -2.24. The number of hydrogen-bond donors (Lipinski definition) is 2. The van der Waals surface area contributed by atoms with Gasteiger partial charge in [-0.1, -0.05) is 42.5 Å². The van der Waals surface area contributed by atoms with E-state index in [1.54, 1.807) is 60.3 Å². The Hall–Kier alpha value is -6.14. The molecular weight excluding hydrogens is 586 g/mol. The SMILES string of the molecule is Cc1cc(C(=O)O)ccc1CNC(=O)c1cc(-c2cc(F)cc(C#N)c2)cc2cnn(Cc3ccc(-c4ccc(F)cc4)cc3)c12. The van der Waals surface area contributed by atoms with E-state index in [0.717, 1.165) is 33.9 Å². The molecule has 1 heterocycles. The zero-order valence-electron chi connectivity index (χ0n) is 24.6. The van der Waals surface area contributed by atoms with Crippen LogP contribution in [-0.2, 0) is 13.1 Å². The number of rotatable bonds is 8. The smallest absolute Gasteiger partial charge is 0.335 e. The molecule has 226 valence electrons. The number of fused-ring (bicyclic) bond motifs is 1. The number of aryl methyl sites for hydroxylation is 1. The van der Waals surface area contributed by atoms with E-state index >= 15 is 0 Å². The van der Waals surface area contributed by atoms with Crippen LogP contribution in [0.25, 0.3) is 33.2 Å². The number of carbonyl (C=O) groups is 2. The van der Waals surface area contributed by atoms with Crippen LogP contribution >= 0.6 is 0 Å². The van der Waals surface area contributed by atoms with Crippen LogP contribution in [0.1, 0.15) is 43.0 Å². The molecule has 0 aliphatic heterocycles. The second kappa shape index (κ2) is 12.5. The molecule has 0 fully saturated rings. The van der Waals surface area contributed by atoms with Gasteiger partial charge in [-0.3, -0.25) is 9.48 Å². The minimum absolute atomic E-state index is 0.147. The number of nitrogens with zero attached hydrogens (tertiary/aromatic N) is 3. The third-order valence-corrected chi connectivity index (χ3v) is 7.83. The molecule has 0 aliphatic rings. The van der Waals surface area contributed by atoms with Crippen LogP contribution in [-0.4, -0.2) is 26.8 Å². The van der Waals surface area contributed by atoms with Crippen LogP contribution in [0, 0.1) is 29.9 Å². The van der Waals surface area contributed by atoms with Crippen LogP contribution in [0.4, 0.5) is 8.78 Å². The Morgan fingerprint density at radius 3 is 2.22 bits per heavy atom. The van der Waals surface area contributed by atoms with Gasteiger partial charge in [0, 0.05) is 11.9 Å². The van der Waals surface area contributed by atoms with Gasteiger partial charge in [-0.2, -0.15) is 10.4 Å². The number of carboxylic acid groups (broad SMARTS) is 1. The van der Waals surface area contributed by atoms with Gasteiger partial charge in [0.25, 0.3) is 5.91 Å². The van der Waals surface area contributed by atoms with Crippen molar-refractivity contribution in [3.05, 3.63) is 148 Å². The highest BCUT2D eigenvalue weighted by Crippen LogP contribution is 2.30. The van der Waals surface area contributed by atoms with Crippen molar-refractivity contribution in [3.63, 3.8) is 0 Å². The number of aromatic nitrogens is 2. The number of amides is 1. The standard InChI is InChI=1S/C37H26F2N4O3/c1-22-12-27(37(45)46)6-7-28(22)19-41-36(44)34-17-30(29-13-24(18-40)14-33(39)16-29)15-31-20-42-43(35(31)34)21-23-2-4-25(5-3-23)26-8-10-32(38)11-9-26/h2-17,20H,19,21H2,1H3,(H,41,44)(H,45,46). The number of hydrogen-bond acceptors (Lipinski definition) is 4. The van der Waals surface area contributed by atoms with Crippen LogP contribution in [0.5, 0.6) is 0 Å². The average Bonchev–Trinajstić information content (AvgIpc) is 3.46. The fourth-order valence-corrected chi connectivity index (χ4v) is 5.43. The number of aromatic carboxylic acids is 1. The molecule has 5 aromatic carbocycles. The molecule has 0 saturated heterocycles. The summed E-state index contributed by atoms with van der Waals surface area (Å²) in [6.45, 7) is 2.27. The number of carbonyl (C=O) groups excluding carboxylic acids is 1. The first kappa shape index (κ1) is 29.9. The van der Waals surface area contributed by atoms with Crippen LogP contribution in [0.2, 0.25) is 0 Å². The van der Waals surface area contributed by atoms with Gasteiger partial charge >= 0.3 is 5.97 Å². The summed E-state index contributed by atoms with van der Waals surface area (Å²) >= 11 is 0. The number of nitrogens with one attached hydrogen (secondary N) is 1. The van der Waals surface area contributed by atoms with Crippen molar-refractivity contribution in [2.45, 2.75) is 20.0 Å². The van der Waals surface area contributed by atoms with Gasteiger partial charge in [-0.25, -0.2) is 13.6 Å². The van der Waals surface area contributed by atoms with Crippen LogP contribution in [0.3, 0.4) is 0 Å². The Balaban J connectivity index is 1.36. The first-order valence-corrected chi connectivity index (χ1v) is 14.3. The number of nitriles is 1. The molecule has 6 rings (SSSR count). The predicted octanol–water partition coefficient (Wildman–Crippen LogP) is 7.51. The van der Waals surface area contributed by atoms with Gasteiger partial charge in [0.15, 0.2) is 0 Å². The second-order valence-electron chi connectivity index (χ2n) is 10.9. The summed E-state index contributed by atoms with van der Waals surface area (Å²) in [4.78, 5) is 25.2. The van der Waals surface area contributed by atoms with Gasteiger partial charge in [0.1, 0.15) is 11.6 Å². The Kier molecular flexibility index (Phi) is 8.10. The maximum absolute atomic E-state index is 14.4. The molecule has 0 unspecified atom stereocenters. The average molecular weight is 613 g/mol. The number of benzene rings is 5. The largest absolute Gasteiger partial charge is 0.478 e. The molecule has 9 heteroatoms. The van der Waals surface area contributed by atoms with Crippen molar-refractivity contribution in [1.29, 1.82) is 5.26 Å². The van der Waals surface area contributed by atoms with Crippen molar-refractivity contribution in [3.8, 4) is 28.3 Å². The van der Waals surface area contributed by atoms with Crippen LogP contribution in [0.15, 0.2) is 103 Å².